The fraction of sp³-hybridized carbons (Fsp3) is 0.312. The first-order chi connectivity index (χ1) is 11.2. The monoisotopic (exact) mass is 346 g/mol. The minimum atomic E-state index is 0.238. The number of hydrogen-bond donors (Lipinski definition) is 1. The van der Waals surface area contributed by atoms with Crippen LogP contribution in [0.5, 0.6) is 0 Å². The van der Waals surface area contributed by atoms with Crippen LogP contribution in [0.2, 0.25) is 5.15 Å². The first kappa shape index (κ1) is 15.8. The zero-order chi connectivity index (χ0) is 16.2. The van der Waals surface area contributed by atoms with Crippen LogP contribution in [0.15, 0.2) is 24.3 Å². The summed E-state index contributed by atoms with van der Waals surface area (Å²) in [5.41, 5.74) is 2.61. The lowest BCUT2D eigenvalue weighted by Crippen LogP contribution is -2.23. The van der Waals surface area contributed by atoms with Gasteiger partial charge in [0.15, 0.2) is 5.15 Å². The van der Waals surface area contributed by atoms with Crippen molar-refractivity contribution in [3.05, 3.63) is 46.1 Å². The molecule has 1 aliphatic rings. The predicted octanol–water partition coefficient (Wildman–Crippen LogP) is 3.40. The number of benzene rings is 1. The summed E-state index contributed by atoms with van der Waals surface area (Å²) in [5.74, 6) is 0.238. The van der Waals surface area contributed by atoms with E-state index in [1.165, 1.54) is 11.5 Å². The SMILES string of the molecule is N#Cc1c(Cl)nsc1NCc1ccc(CN2CCCC2=O)cc1. The smallest absolute Gasteiger partial charge is 0.222 e. The molecule has 1 amide bonds. The van der Waals surface area contributed by atoms with E-state index in [2.05, 4.69) is 9.69 Å². The van der Waals surface area contributed by atoms with Crippen molar-refractivity contribution in [3.8, 4) is 6.07 Å². The first-order valence-corrected chi connectivity index (χ1v) is 8.47. The number of carbonyl (C=O) groups excluding carboxylic acids is 1. The molecule has 0 radical (unpaired) electrons. The minimum Gasteiger partial charge on any atom is -0.370 e. The summed E-state index contributed by atoms with van der Waals surface area (Å²) in [5, 5.41) is 13.2. The summed E-state index contributed by atoms with van der Waals surface area (Å²) in [7, 11) is 0. The maximum atomic E-state index is 11.6. The molecule has 0 bridgehead atoms. The highest BCUT2D eigenvalue weighted by Gasteiger charge is 2.19. The Morgan fingerprint density at radius 2 is 2.09 bits per heavy atom. The zero-order valence-electron chi connectivity index (χ0n) is 12.4. The van der Waals surface area contributed by atoms with Crippen LogP contribution in [0, 0.1) is 11.3 Å². The van der Waals surface area contributed by atoms with E-state index < -0.39 is 0 Å². The number of nitrogens with one attached hydrogen (secondary N) is 1. The number of aromatic nitrogens is 1. The first-order valence-electron chi connectivity index (χ1n) is 7.32. The third kappa shape index (κ3) is 3.63. The molecular weight excluding hydrogens is 332 g/mol. The lowest BCUT2D eigenvalue weighted by atomic mass is 10.1. The molecule has 1 aromatic carbocycles. The Morgan fingerprint density at radius 1 is 1.35 bits per heavy atom. The lowest BCUT2D eigenvalue weighted by molar-refractivity contribution is -0.128. The van der Waals surface area contributed by atoms with Crippen molar-refractivity contribution >= 4 is 34.0 Å². The Morgan fingerprint density at radius 3 is 2.74 bits per heavy atom. The van der Waals surface area contributed by atoms with Crippen molar-refractivity contribution < 1.29 is 4.79 Å². The Kier molecular flexibility index (Phi) is 4.79. The molecule has 3 rings (SSSR count). The molecule has 0 saturated carbocycles. The van der Waals surface area contributed by atoms with Crippen LogP contribution in [0.4, 0.5) is 5.00 Å². The van der Waals surface area contributed by atoms with Crippen molar-refractivity contribution in [1.82, 2.24) is 9.27 Å². The van der Waals surface area contributed by atoms with E-state index in [0.717, 1.165) is 24.1 Å². The maximum Gasteiger partial charge on any atom is 0.222 e. The number of hydrogen-bond acceptors (Lipinski definition) is 5. The lowest BCUT2D eigenvalue weighted by Gasteiger charge is -2.15. The number of amides is 1. The number of rotatable bonds is 5. The molecular formula is C16H15ClN4OS. The van der Waals surface area contributed by atoms with Crippen LogP contribution < -0.4 is 5.32 Å². The molecule has 2 aromatic rings. The summed E-state index contributed by atoms with van der Waals surface area (Å²) >= 11 is 7.03. The van der Waals surface area contributed by atoms with E-state index in [9.17, 15) is 4.79 Å². The quantitative estimate of drug-likeness (QED) is 0.900. The molecule has 0 aliphatic carbocycles. The van der Waals surface area contributed by atoms with Gasteiger partial charge < -0.3 is 10.2 Å². The largest absolute Gasteiger partial charge is 0.370 e. The van der Waals surface area contributed by atoms with Crippen LogP contribution >= 0.6 is 23.1 Å². The molecule has 1 fully saturated rings. The molecule has 2 heterocycles. The summed E-state index contributed by atoms with van der Waals surface area (Å²) < 4.78 is 3.96. The number of halogens is 1. The van der Waals surface area contributed by atoms with E-state index in [-0.39, 0.29) is 11.1 Å². The second kappa shape index (κ2) is 6.99. The third-order valence-corrected chi connectivity index (χ3v) is 4.96. The Hall–Kier alpha value is -2.10. The Bertz CT molecular complexity index is 750. The van der Waals surface area contributed by atoms with Gasteiger partial charge in [0.25, 0.3) is 0 Å². The van der Waals surface area contributed by atoms with Gasteiger partial charge in [0, 0.05) is 26.1 Å². The Labute approximate surface area is 143 Å². The van der Waals surface area contributed by atoms with Gasteiger partial charge in [-0.1, -0.05) is 35.9 Å². The van der Waals surface area contributed by atoms with Crippen molar-refractivity contribution in [3.63, 3.8) is 0 Å². The zero-order valence-corrected chi connectivity index (χ0v) is 14.0. The fourth-order valence-electron chi connectivity index (χ4n) is 2.52. The number of nitriles is 1. The van der Waals surface area contributed by atoms with Gasteiger partial charge in [-0.2, -0.15) is 9.64 Å². The highest BCUT2D eigenvalue weighted by Crippen LogP contribution is 2.27. The normalized spacial score (nSPS) is 14.1. The Balaban J connectivity index is 1.59. The summed E-state index contributed by atoms with van der Waals surface area (Å²) in [6.45, 7) is 2.12. The van der Waals surface area contributed by atoms with Gasteiger partial charge in [0.2, 0.25) is 5.91 Å². The maximum absolute atomic E-state index is 11.6. The van der Waals surface area contributed by atoms with Crippen molar-refractivity contribution in [2.75, 3.05) is 11.9 Å². The van der Waals surface area contributed by atoms with Gasteiger partial charge in [0.1, 0.15) is 16.6 Å². The predicted molar refractivity (Wildman–Crippen MR) is 90.3 cm³/mol. The number of anilines is 1. The van der Waals surface area contributed by atoms with Gasteiger partial charge in [-0.25, -0.2) is 0 Å². The van der Waals surface area contributed by atoms with Gasteiger partial charge in [0.05, 0.1) is 0 Å². The average molecular weight is 347 g/mol. The molecule has 1 saturated heterocycles. The molecule has 23 heavy (non-hydrogen) atoms. The molecule has 0 atom stereocenters. The van der Waals surface area contributed by atoms with E-state index in [1.54, 1.807) is 0 Å². The molecule has 1 aliphatic heterocycles. The van der Waals surface area contributed by atoms with Gasteiger partial charge in [-0.15, -0.1) is 0 Å². The number of carbonyl (C=O) groups is 1. The molecule has 1 aromatic heterocycles. The third-order valence-electron chi connectivity index (χ3n) is 3.78. The fourth-order valence-corrected chi connectivity index (χ4v) is 3.45. The van der Waals surface area contributed by atoms with Gasteiger partial charge in [-0.3, -0.25) is 4.79 Å². The number of likely N-dealkylation sites (tertiary alicyclic amines) is 1. The van der Waals surface area contributed by atoms with E-state index in [4.69, 9.17) is 16.9 Å². The second-order valence-electron chi connectivity index (χ2n) is 5.38. The van der Waals surface area contributed by atoms with E-state index >= 15 is 0 Å². The highest BCUT2D eigenvalue weighted by molar-refractivity contribution is 7.10. The van der Waals surface area contributed by atoms with Crippen LogP contribution in [0.3, 0.4) is 0 Å². The van der Waals surface area contributed by atoms with Crippen molar-refractivity contribution in [1.29, 1.82) is 5.26 Å². The minimum absolute atomic E-state index is 0.238. The van der Waals surface area contributed by atoms with E-state index in [0.29, 0.717) is 30.1 Å². The summed E-state index contributed by atoms with van der Waals surface area (Å²) in [6, 6.07) is 10.2. The van der Waals surface area contributed by atoms with Crippen LogP contribution in [0.25, 0.3) is 0 Å². The molecule has 0 spiro atoms. The van der Waals surface area contributed by atoms with Crippen LogP contribution in [0.1, 0.15) is 29.5 Å². The topological polar surface area (TPSA) is 69.0 Å². The van der Waals surface area contributed by atoms with Crippen molar-refractivity contribution in [2.24, 2.45) is 0 Å². The molecule has 1 N–H and O–H groups in total. The van der Waals surface area contributed by atoms with Gasteiger partial charge >= 0.3 is 0 Å². The molecule has 5 nitrogen and oxygen atoms in total. The summed E-state index contributed by atoms with van der Waals surface area (Å²) in [4.78, 5) is 13.5. The van der Waals surface area contributed by atoms with E-state index in [1.807, 2.05) is 35.2 Å². The standard InChI is InChI=1S/C16H15ClN4OS/c17-15-13(8-18)16(23-20-15)19-9-11-3-5-12(6-4-11)10-21-7-1-2-14(21)22/h3-6,19H,1-2,7,9-10H2. The molecule has 0 unspecified atom stereocenters. The van der Waals surface area contributed by atoms with Gasteiger partial charge in [-0.05, 0) is 29.1 Å². The van der Waals surface area contributed by atoms with Crippen LogP contribution in [-0.4, -0.2) is 21.7 Å². The second-order valence-corrected chi connectivity index (χ2v) is 6.51. The van der Waals surface area contributed by atoms with Crippen molar-refractivity contribution in [2.45, 2.75) is 25.9 Å². The number of nitrogens with zero attached hydrogens (tertiary/aromatic N) is 3. The van der Waals surface area contributed by atoms with Crippen LogP contribution in [-0.2, 0) is 17.9 Å². The highest BCUT2D eigenvalue weighted by atomic mass is 35.5. The molecule has 118 valence electrons. The summed E-state index contributed by atoms with van der Waals surface area (Å²) in [6.07, 6.45) is 1.63. The molecule has 7 heteroatoms. The average Bonchev–Trinajstić information content (AvgIpc) is 3.12.